The first-order chi connectivity index (χ1) is 9.04. The summed E-state index contributed by atoms with van der Waals surface area (Å²) in [7, 11) is 0. The average Bonchev–Trinajstić information content (AvgIpc) is 2.29. The van der Waals surface area contributed by atoms with Crippen LogP contribution in [0.3, 0.4) is 0 Å². The Balaban J connectivity index is 2.06. The van der Waals surface area contributed by atoms with Gasteiger partial charge in [-0.15, -0.1) is 11.6 Å². The number of benzene rings is 1. The van der Waals surface area contributed by atoms with Crippen LogP contribution >= 0.6 is 11.6 Å². The first-order valence-electron chi connectivity index (χ1n) is 7.50. The molecular weight excluding hydrogens is 254 g/mol. The normalized spacial score (nSPS) is 22.4. The molecule has 2 rings (SSSR count). The number of nitrogens with zero attached hydrogens (tertiary/aromatic N) is 1. The molecule has 0 amide bonds. The molecule has 1 aliphatic heterocycles. The second-order valence-electron chi connectivity index (χ2n) is 6.13. The number of aryl methyl sites for hydroxylation is 2. The van der Waals surface area contributed by atoms with Crippen LogP contribution in [0, 0.1) is 13.8 Å². The monoisotopic (exact) mass is 279 g/mol. The van der Waals surface area contributed by atoms with Crippen LogP contribution in [-0.2, 0) is 6.54 Å². The Morgan fingerprint density at radius 1 is 1.21 bits per heavy atom. The number of likely N-dealkylation sites (tertiary alicyclic amines) is 1. The molecule has 1 fully saturated rings. The molecule has 1 heterocycles. The first kappa shape index (κ1) is 14.9. The summed E-state index contributed by atoms with van der Waals surface area (Å²) >= 11 is 6.20. The molecular formula is C17H26ClN. The molecule has 0 aromatic heterocycles. The molecule has 106 valence electrons. The molecule has 1 aliphatic rings. The fraction of sp³-hybridized carbons (Fsp3) is 0.647. The van der Waals surface area contributed by atoms with E-state index >= 15 is 0 Å². The number of halogens is 1. The molecule has 1 aromatic rings. The lowest BCUT2D eigenvalue weighted by molar-refractivity contribution is 0.132. The van der Waals surface area contributed by atoms with Crippen molar-refractivity contribution in [3.63, 3.8) is 0 Å². The third-order valence-electron chi connectivity index (χ3n) is 4.01. The third-order valence-corrected chi connectivity index (χ3v) is 4.19. The van der Waals surface area contributed by atoms with Crippen LogP contribution in [0.1, 0.15) is 49.3 Å². The van der Waals surface area contributed by atoms with Gasteiger partial charge >= 0.3 is 0 Å². The Hall–Kier alpha value is -0.530. The predicted octanol–water partition coefficient (Wildman–Crippen LogP) is 4.68. The highest BCUT2D eigenvalue weighted by Gasteiger charge is 2.23. The maximum Gasteiger partial charge on any atom is 0.0322 e. The zero-order chi connectivity index (χ0) is 13.8. The van der Waals surface area contributed by atoms with Crippen molar-refractivity contribution in [3.8, 4) is 0 Å². The molecule has 1 saturated heterocycles. The maximum atomic E-state index is 6.20. The van der Waals surface area contributed by atoms with E-state index in [0.29, 0.717) is 6.04 Å². The molecule has 2 atom stereocenters. The highest BCUT2D eigenvalue weighted by molar-refractivity contribution is 6.20. The molecule has 0 aliphatic carbocycles. The summed E-state index contributed by atoms with van der Waals surface area (Å²) < 4.78 is 0. The van der Waals surface area contributed by atoms with Gasteiger partial charge in [-0.25, -0.2) is 0 Å². The van der Waals surface area contributed by atoms with E-state index in [0.717, 1.165) is 13.0 Å². The molecule has 0 bridgehead atoms. The van der Waals surface area contributed by atoms with Gasteiger partial charge in [0, 0.05) is 18.0 Å². The van der Waals surface area contributed by atoms with E-state index in [1.54, 1.807) is 0 Å². The van der Waals surface area contributed by atoms with Gasteiger partial charge in [-0.2, -0.15) is 0 Å². The quantitative estimate of drug-likeness (QED) is 0.724. The molecule has 0 radical (unpaired) electrons. The van der Waals surface area contributed by atoms with Crippen molar-refractivity contribution in [1.29, 1.82) is 0 Å². The Kier molecular flexibility index (Phi) is 5.29. The van der Waals surface area contributed by atoms with Crippen molar-refractivity contribution in [2.75, 3.05) is 6.54 Å². The minimum Gasteiger partial charge on any atom is -0.296 e. The topological polar surface area (TPSA) is 3.24 Å². The van der Waals surface area contributed by atoms with E-state index in [2.05, 4.69) is 43.9 Å². The van der Waals surface area contributed by atoms with Crippen LogP contribution in [0.2, 0.25) is 0 Å². The lowest BCUT2D eigenvalue weighted by Gasteiger charge is -2.36. The summed E-state index contributed by atoms with van der Waals surface area (Å²) in [4.78, 5) is 2.64. The molecule has 19 heavy (non-hydrogen) atoms. The molecule has 1 nitrogen and oxygen atoms in total. The van der Waals surface area contributed by atoms with Crippen LogP contribution in [0.25, 0.3) is 0 Å². The standard InChI is InChI=1S/C17H26ClN/c1-13-8-14(2)10-16(9-13)12-19-7-5-4-6-17(19)11-15(3)18/h8-10,15,17H,4-7,11-12H2,1-3H3. The molecule has 0 N–H and O–H groups in total. The van der Waals surface area contributed by atoms with Crippen LogP contribution in [0.15, 0.2) is 18.2 Å². The fourth-order valence-corrected chi connectivity index (χ4v) is 3.51. The smallest absolute Gasteiger partial charge is 0.0322 e. The number of hydrogen-bond donors (Lipinski definition) is 0. The van der Waals surface area contributed by atoms with Crippen molar-refractivity contribution in [2.45, 2.75) is 64.4 Å². The molecule has 0 spiro atoms. The van der Waals surface area contributed by atoms with E-state index in [1.165, 1.54) is 42.5 Å². The van der Waals surface area contributed by atoms with Crippen LogP contribution in [-0.4, -0.2) is 22.9 Å². The van der Waals surface area contributed by atoms with Gasteiger partial charge in [0.05, 0.1) is 0 Å². The summed E-state index contributed by atoms with van der Waals surface area (Å²) in [6.07, 6.45) is 5.11. The lowest BCUT2D eigenvalue weighted by atomic mass is 9.97. The van der Waals surface area contributed by atoms with Gasteiger partial charge in [0.1, 0.15) is 0 Å². The van der Waals surface area contributed by atoms with Gasteiger partial charge in [0.25, 0.3) is 0 Å². The number of alkyl halides is 1. The van der Waals surface area contributed by atoms with Crippen LogP contribution in [0.4, 0.5) is 0 Å². The maximum absolute atomic E-state index is 6.20. The average molecular weight is 280 g/mol. The van der Waals surface area contributed by atoms with Gasteiger partial charge < -0.3 is 0 Å². The van der Waals surface area contributed by atoms with Crippen molar-refractivity contribution in [1.82, 2.24) is 4.90 Å². The summed E-state index contributed by atoms with van der Waals surface area (Å²) in [6, 6.07) is 7.56. The van der Waals surface area contributed by atoms with Crippen LogP contribution in [0.5, 0.6) is 0 Å². The Morgan fingerprint density at radius 3 is 2.53 bits per heavy atom. The van der Waals surface area contributed by atoms with Gasteiger partial charge in [-0.05, 0) is 52.1 Å². The van der Waals surface area contributed by atoms with Gasteiger partial charge in [0.2, 0.25) is 0 Å². The summed E-state index contributed by atoms with van der Waals surface area (Å²) in [5, 5.41) is 0.282. The van der Waals surface area contributed by atoms with Crippen molar-refractivity contribution >= 4 is 11.6 Å². The van der Waals surface area contributed by atoms with Crippen molar-refractivity contribution in [3.05, 3.63) is 34.9 Å². The van der Waals surface area contributed by atoms with E-state index in [4.69, 9.17) is 11.6 Å². The Bertz CT molecular complexity index is 393. The molecule has 2 unspecified atom stereocenters. The summed E-state index contributed by atoms with van der Waals surface area (Å²) in [5.74, 6) is 0. The highest BCUT2D eigenvalue weighted by atomic mass is 35.5. The molecule has 0 saturated carbocycles. The second-order valence-corrected chi connectivity index (χ2v) is 6.88. The first-order valence-corrected chi connectivity index (χ1v) is 7.93. The number of hydrogen-bond acceptors (Lipinski definition) is 1. The van der Waals surface area contributed by atoms with E-state index < -0.39 is 0 Å². The third kappa shape index (κ3) is 4.50. The summed E-state index contributed by atoms with van der Waals surface area (Å²) in [5.41, 5.74) is 4.19. The summed E-state index contributed by atoms with van der Waals surface area (Å²) in [6.45, 7) is 8.79. The van der Waals surface area contributed by atoms with Crippen molar-refractivity contribution < 1.29 is 0 Å². The molecule has 1 aromatic carbocycles. The Morgan fingerprint density at radius 2 is 1.89 bits per heavy atom. The zero-order valence-corrected chi connectivity index (χ0v) is 13.2. The van der Waals surface area contributed by atoms with Crippen LogP contribution < -0.4 is 0 Å². The van der Waals surface area contributed by atoms with Crippen molar-refractivity contribution in [2.24, 2.45) is 0 Å². The predicted molar refractivity (Wildman–Crippen MR) is 83.9 cm³/mol. The second kappa shape index (κ2) is 6.76. The molecule has 2 heteroatoms. The Labute approximate surface area is 123 Å². The number of rotatable bonds is 4. The van der Waals surface area contributed by atoms with Gasteiger partial charge in [-0.3, -0.25) is 4.90 Å². The highest BCUT2D eigenvalue weighted by Crippen LogP contribution is 2.24. The lowest BCUT2D eigenvalue weighted by Crippen LogP contribution is -2.40. The number of piperidine rings is 1. The van der Waals surface area contributed by atoms with Gasteiger partial charge in [-0.1, -0.05) is 35.7 Å². The van der Waals surface area contributed by atoms with E-state index in [-0.39, 0.29) is 5.38 Å². The van der Waals surface area contributed by atoms with Gasteiger partial charge in [0.15, 0.2) is 0 Å². The minimum atomic E-state index is 0.282. The van der Waals surface area contributed by atoms with E-state index in [1.807, 2.05) is 0 Å². The SMILES string of the molecule is Cc1cc(C)cc(CN2CCCCC2CC(C)Cl)c1. The minimum absolute atomic E-state index is 0.282. The largest absolute Gasteiger partial charge is 0.296 e. The fourth-order valence-electron chi connectivity index (χ4n) is 3.30. The van der Waals surface area contributed by atoms with E-state index in [9.17, 15) is 0 Å². The zero-order valence-electron chi connectivity index (χ0n) is 12.5.